The van der Waals surface area contributed by atoms with Crippen molar-refractivity contribution in [3.8, 4) is 0 Å². The fourth-order valence-electron chi connectivity index (χ4n) is 2.34. The van der Waals surface area contributed by atoms with E-state index in [-0.39, 0.29) is 10.6 Å². The molecule has 19 heavy (non-hydrogen) atoms. The predicted molar refractivity (Wildman–Crippen MR) is 84.6 cm³/mol. The van der Waals surface area contributed by atoms with Crippen LogP contribution < -0.4 is 5.32 Å². The zero-order valence-corrected chi connectivity index (χ0v) is 12.9. The molecule has 0 atom stereocenters. The molecule has 0 amide bonds. The monoisotopic (exact) mass is 375 g/mol. The van der Waals surface area contributed by atoms with Crippen LogP contribution in [0.2, 0.25) is 0 Å². The lowest BCUT2D eigenvalue weighted by atomic mass is 10.2. The number of likely N-dealkylation sites (tertiary alicyclic amines) is 1. The highest BCUT2D eigenvalue weighted by atomic mass is 127. The van der Waals surface area contributed by atoms with Gasteiger partial charge in [-0.15, -0.1) is 0 Å². The number of benzene rings is 1. The van der Waals surface area contributed by atoms with Crippen LogP contribution >= 0.6 is 22.6 Å². The third-order valence-corrected chi connectivity index (χ3v) is 3.99. The lowest BCUT2D eigenvalue weighted by Crippen LogP contribution is -2.22. The molecule has 1 N–H and O–H groups in total. The van der Waals surface area contributed by atoms with Gasteiger partial charge in [-0.2, -0.15) is 0 Å². The summed E-state index contributed by atoms with van der Waals surface area (Å²) < 4.78 is 0.881. The smallest absolute Gasteiger partial charge is 0.293 e. The predicted octanol–water partition coefficient (Wildman–Crippen LogP) is 3.10. The Bertz CT molecular complexity index is 448. The molecule has 0 saturated carbocycles. The highest BCUT2D eigenvalue weighted by molar-refractivity contribution is 14.1. The van der Waals surface area contributed by atoms with E-state index in [0.29, 0.717) is 5.69 Å². The van der Waals surface area contributed by atoms with E-state index in [1.165, 1.54) is 25.9 Å². The first kappa shape index (κ1) is 14.5. The van der Waals surface area contributed by atoms with Crippen molar-refractivity contribution in [2.75, 3.05) is 31.5 Å². The van der Waals surface area contributed by atoms with Gasteiger partial charge < -0.3 is 10.2 Å². The van der Waals surface area contributed by atoms with Crippen LogP contribution in [0.25, 0.3) is 0 Å². The van der Waals surface area contributed by atoms with E-state index in [2.05, 4.69) is 32.8 Å². The first-order valence-electron chi connectivity index (χ1n) is 6.57. The normalized spacial score (nSPS) is 15.6. The van der Waals surface area contributed by atoms with Crippen LogP contribution in [-0.2, 0) is 0 Å². The Kier molecular flexibility index (Phi) is 5.38. The molecule has 1 aliphatic heterocycles. The molecule has 0 aliphatic carbocycles. The van der Waals surface area contributed by atoms with Crippen molar-refractivity contribution in [2.24, 2.45) is 0 Å². The molecule has 2 rings (SSSR count). The summed E-state index contributed by atoms with van der Waals surface area (Å²) in [5, 5.41) is 14.1. The average molecular weight is 375 g/mol. The summed E-state index contributed by atoms with van der Waals surface area (Å²) in [6.07, 6.45) is 3.62. The molecule has 104 valence electrons. The summed E-state index contributed by atoms with van der Waals surface area (Å²) in [7, 11) is 0. The van der Waals surface area contributed by atoms with Crippen molar-refractivity contribution in [1.82, 2.24) is 4.90 Å². The summed E-state index contributed by atoms with van der Waals surface area (Å²) in [5.41, 5.74) is 0.778. The maximum Gasteiger partial charge on any atom is 0.293 e. The van der Waals surface area contributed by atoms with Crippen LogP contribution in [0.15, 0.2) is 18.2 Å². The van der Waals surface area contributed by atoms with Crippen LogP contribution in [0.5, 0.6) is 0 Å². The van der Waals surface area contributed by atoms with Gasteiger partial charge in [-0.1, -0.05) is 0 Å². The molecule has 1 fully saturated rings. The summed E-state index contributed by atoms with van der Waals surface area (Å²) >= 11 is 2.09. The number of halogens is 1. The van der Waals surface area contributed by atoms with Crippen molar-refractivity contribution in [3.63, 3.8) is 0 Å². The fourth-order valence-corrected chi connectivity index (χ4v) is 2.81. The van der Waals surface area contributed by atoms with Gasteiger partial charge >= 0.3 is 0 Å². The lowest BCUT2D eigenvalue weighted by Gasteiger charge is -2.14. The van der Waals surface area contributed by atoms with E-state index < -0.39 is 0 Å². The van der Waals surface area contributed by atoms with E-state index in [4.69, 9.17) is 0 Å². The van der Waals surface area contributed by atoms with E-state index in [1.807, 2.05) is 6.07 Å². The highest BCUT2D eigenvalue weighted by Gasteiger charge is 2.14. The second kappa shape index (κ2) is 7.04. The van der Waals surface area contributed by atoms with Crippen molar-refractivity contribution in [2.45, 2.75) is 19.3 Å². The standard InChI is InChI=1S/C13H18IN3O2/c14-11-4-5-12(13(10-11)17(18)19)15-6-3-9-16-7-1-2-8-16/h4-5,10,15H,1-3,6-9H2. The van der Waals surface area contributed by atoms with Gasteiger partial charge in [0.1, 0.15) is 5.69 Å². The molecule has 0 spiro atoms. The topological polar surface area (TPSA) is 58.4 Å². The fraction of sp³-hybridized carbons (Fsp3) is 0.538. The van der Waals surface area contributed by atoms with Gasteiger partial charge in [0.05, 0.1) is 4.92 Å². The number of nitrogens with one attached hydrogen (secondary N) is 1. The molecule has 1 heterocycles. The van der Waals surface area contributed by atoms with Crippen molar-refractivity contribution in [3.05, 3.63) is 31.9 Å². The third-order valence-electron chi connectivity index (χ3n) is 3.32. The number of nitrogens with zero attached hydrogens (tertiary/aromatic N) is 2. The number of anilines is 1. The molecule has 6 heteroatoms. The van der Waals surface area contributed by atoms with Crippen molar-refractivity contribution in [1.29, 1.82) is 0 Å². The lowest BCUT2D eigenvalue weighted by molar-refractivity contribution is -0.384. The van der Waals surface area contributed by atoms with Crippen LogP contribution in [-0.4, -0.2) is 36.0 Å². The van der Waals surface area contributed by atoms with Crippen LogP contribution in [0.3, 0.4) is 0 Å². The largest absolute Gasteiger partial charge is 0.379 e. The molecule has 0 radical (unpaired) electrons. The van der Waals surface area contributed by atoms with E-state index in [0.717, 1.165) is 23.1 Å². The maximum absolute atomic E-state index is 11.0. The minimum Gasteiger partial charge on any atom is -0.379 e. The number of hydrogen-bond donors (Lipinski definition) is 1. The minimum atomic E-state index is -0.328. The Morgan fingerprint density at radius 2 is 2.11 bits per heavy atom. The summed E-state index contributed by atoms with van der Waals surface area (Å²) in [6, 6.07) is 5.27. The summed E-state index contributed by atoms with van der Waals surface area (Å²) in [6.45, 7) is 4.25. The zero-order chi connectivity index (χ0) is 13.7. The molecular formula is C13H18IN3O2. The maximum atomic E-state index is 11.0. The Morgan fingerprint density at radius 1 is 1.37 bits per heavy atom. The summed E-state index contributed by atoms with van der Waals surface area (Å²) in [5.74, 6) is 0. The van der Waals surface area contributed by atoms with Gasteiger partial charge in [-0.3, -0.25) is 10.1 Å². The first-order chi connectivity index (χ1) is 9.16. The second-order valence-corrected chi connectivity index (χ2v) is 5.99. The molecule has 1 aromatic carbocycles. The van der Waals surface area contributed by atoms with Gasteiger partial charge in [-0.25, -0.2) is 0 Å². The Labute approximate surface area is 126 Å². The molecule has 0 aromatic heterocycles. The Hall–Kier alpha value is -0.890. The molecule has 5 nitrogen and oxygen atoms in total. The van der Waals surface area contributed by atoms with E-state index >= 15 is 0 Å². The highest BCUT2D eigenvalue weighted by Crippen LogP contribution is 2.26. The quantitative estimate of drug-likeness (QED) is 0.359. The third kappa shape index (κ3) is 4.31. The molecule has 0 bridgehead atoms. The zero-order valence-electron chi connectivity index (χ0n) is 10.8. The Balaban J connectivity index is 1.83. The van der Waals surface area contributed by atoms with Gasteiger partial charge in [0, 0.05) is 16.2 Å². The number of hydrogen-bond acceptors (Lipinski definition) is 4. The molecule has 1 aliphatic rings. The van der Waals surface area contributed by atoms with Crippen molar-refractivity contribution < 1.29 is 4.92 Å². The van der Waals surface area contributed by atoms with Gasteiger partial charge in [0.15, 0.2) is 0 Å². The Morgan fingerprint density at radius 3 is 2.79 bits per heavy atom. The van der Waals surface area contributed by atoms with Crippen molar-refractivity contribution >= 4 is 34.0 Å². The number of nitro groups is 1. The SMILES string of the molecule is O=[N+]([O-])c1cc(I)ccc1NCCCN1CCCC1. The first-order valence-corrected chi connectivity index (χ1v) is 7.65. The number of rotatable bonds is 6. The minimum absolute atomic E-state index is 0.160. The van der Waals surface area contributed by atoms with Gasteiger partial charge in [-0.05, 0) is 73.6 Å². The molecule has 1 aromatic rings. The van der Waals surface area contributed by atoms with E-state index in [1.54, 1.807) is 12.1 Å². The van der Waals surface area contributed by atoms with Gasteiger partial charge in [0.2, 0.25) is 0 Å². The molecular weight excluding hydrogens is 357 g/mol. The van der Waals surface area contributed by atoms with E-state index in [9.17, 15) is 10.1 Å². The average Bonchev–Trinajstić information content (AvgIpc) is 2.89. The molecule has 1 saturated heterocycles. The summed E-state index contributed by atoms with van der Waals surface area (Å²) in [4.78, 5) is 13.1. The molecule has 0 unspecified atom stereocenters. The van der Waals surface area contributed by atoms with Crippen LogP contribution in [0.1, 0.15) is 19.3 Å². The second-order valence-electron chi connectivity index (χ2n) is 4.75. The van der Waals surface area contributed by atoms with Crippen LogP contribution in [0, 0.1) is 13.7 Å². The van der Waals surface area contributed by atoms with Crippen LogP contribution in [0.4, 0.5) is 11.4 Å². The number of nitro benzene ring substituents is 1. The van der Waals surface area contributed by atoms with Gasteiger partial charge in [0.25, 0.3) is 5.69 Å².